The molecule has 6 nitrogen and oxygen atoms in total. The normalized spacial score (nSPS) is 11.2. The highest BCUT2D eigenvalue weighted by atomic mass is 19.1. The maximum Gasteiger partial charge on any atom is 0.220 e. The van der Waals surface area contributed by atoms with E-state index in [-0.39, 0.29) is 11.6 Å². The van der Waals surface area contributed by atoms with Crippen LogP contribution in [-0.4, -0.2) is 19.4 Å². The Labute approximate surface area is 149 Å². The van der Waals surface area contributed by atoms with Crippen molar-refractivity contribution in [2.45, 2.75) is 13.3 Å². The number of nitrogens with zero attached hydrogens (tertiary/aromatic N) is 4. The number of halogens is 1. The predicted octanol–water partition coefficient (Wildman–Crippen LogP) is 3.32. The Balaban J connectivity index is 2.08. The number of pyridine rings is 1. The predicted molar refractivity (Wildman–Crippen MR) is 99.8 cm³/mol. The zero-order valence-corrected chi connectivity index (χ0v) is 14.1. The molecule has 4 aromatic rings. The van der Waals surface area contributed by atoms with Crippen molar-refractivity contribution in [3.8, 4) is 22.6 Å². The van der Waals surface area contributed by atoms with E-state index in [4.69, 9.17) is 11.5 Å². The molecule has 7 heteroatoms. The van der Waals surface area contributed by atoms with Gasteiger partial charge in [-0.25, -0.2) is 19.3 Å². The van der Waals surface area contributed by atoms with Crippen molar-refractivity contribution in [1.82, 2.24) is 19.4 Å². The molecule has 1 aromatic carbocycles. The zero-order valence-electron chi connectivity index (χ0n) is 14.1. The topological polar surface area (TPSA) is 95.1 Å². The fourth-order valence-corrected chi connectivity index (χ4v) is 2.98. The Hall–Kier alpha value is -3.48. The number of hydrogen-bond donors (Lipinski definition) is 2. The molecule has 0 unspecified atom stereocenters. The highest BCUT2D eigenvalue weighted by Crippen LogP contribution is 2.34. The highest BCUT2D eigenvalue weighted by Gasteiger charge is 2.21. The number of nitrogen functional groups attached to an aromatic ring is 2. The number of nitrogens with two attached hydrogens (primary N) is 2. The van der Waals surface area contributed by atoms with Crippen molar-refractivity contribution in [2.75, 3.05) is 11.5 Å². The lowest BCUT2D eigenvalue weighted by atomic mass is 10.1. The van der Waals surface area contributed by atoms with Crippen LogP contribution in [-0.2, 0) is 6.42 Å². The molecule has 0 amide bonds. The van der Waals surface area contributed by atoms with Crippen molar-refractivity contribution in [3.63, 3.8) is 0 Å². The van der Waals surface area contributed by atoms with Gasteiger partial charge in [-0.1, -0.05) is 13.0 Å². The average Bonchev–Trinajstić information content (AvgIpc) is 3.02. The molecule has 0 fully saturated rings. The molecule has 0 spiro atoms. The van der Waals surface area contributed by atoms with Crippen LogP contribution in [0.2, 0.25) is 0 Å². The number of rotatable bonds is 3. The Bertz CT molecular complexity index is 1120. The first-order valence-electron chi connectivity index (χ1n) is 8.22. The molecule has 130 valence electrons. The van der Waals surface area contributed by atoms with Crippen LogP contribution in [0.15, 0.2) is 48.8 Å². The van der Waals surface area contributed by atoms with Crippen molar-refractivity contribution >= 4 is 17.3 Å². The van der Waals surface area contributed by atoms with Crippen LogP contribution < -0.4 is 11.5 Å². The molecule has 0 aliphatic rings. The van der Waals surface area contributed by atoms with Gasteiger partial charge in [0.05, 0.1) is 17.1 Å². The summed E-state index contributed by atoms with van der Waals surface area (Å²) in [7, 11) is 0. The van der Waals surface area contributed by atoms with Crippen molar-refractivity contribution < 1.29 is 4.39 Å². The summed E-state index contributed by atoms with van der Waals surface area (Å²) in [5, 5.41) is 0. The van der Waals surface area contributed by atoms with Gasteiger partial charge in [0.15, 0.2) is 5.82 Å². The zero-order chi connectivity index (χ0) is 18.3. The standard InChI is InChI=1S/C19H17FN6/c1-2-11-7-9-26-15(10-11)25-17(12-4-3-5-13(21)16(12)20)18(26)14-6-8-23-19(22)24-14/h3-10H,2,21H2,1H3,(H2,22,23,24). The number of anilines is 2. The Morgan fingerprint density at radius 3 is 2.73 bits per heavy atom. The van der Waals surface area contributed by atoms with E-state index in [9.17, 15) is 4.39 Å². The minimum atomic E-state index is -0.505. The number of aryl methyl sites for hydroxylation is 1. The van der Waals surface area contributed by atoms with Gasteiger partial charge in [-0.15, -0.1) is 0 Å². The largest absolute Gasteiger partial charge is 0.396 e. The fraction of sp³-hybridized carbons (Fsp3) is 0.105. The third-order valence-corrected chi connectivity index (χ3v) is 4.30. The van der Waals surface area contributed by atoms with Gasteiger partial charge in [0.25, 0.3) is 0 Å². The lowest BCUT2D eigenvalue weighted by Crippen LogP contribution is -1.99. The smallest absolute Gasteiger partial charge is 0.220 e. The molecular weight excluding hydrogens is 331 g/mol. The Morgan fingerprint density at radius 2 is 1.96 bits per heavy atom. The molecule has 3 heterocycles. The molecule has 26 heavy (non-hydrogen) atoms. The highest BCUT2D eigenvalue weighted by molar-refractivity contribution is 5.82. The molecule has 0 saturated carbocycles. The molecule has 3 aromatic heterocycles. The fourth-order valence-electron chi connectivity index (χ4n) is 2.98. The first-order chi connectivity index (χ1) is 12.6. The molecule has 4 N–H and O–H groups in total. The third kappa shape index (κ3) is 2.54. The molecule has 0 aliphatic carbocycles. The molecular formula is C19H17FN6. The van der Waals surface area contributed by atoms with Gasteiger partial charge in [-0.2, -0.15) is 0 Å². The van der Waals surface area contributed by atoms with Crippen LogP contribution >= 0.6 is 0 Å². The van der Waals surface area contributed by atoms with E-state index in [1.165, 1.54) is 6.07 Å². The van der Waals surface area contributed by atoms with Gasteiger partial charge >= 0.3 is 0 Å². The van der Waals surface area contributed by atoms with Gasteiger partial charge in [0.1, 0.15) is 11.3 Å². The van der Waals surface area contributed by atoms with Crippen LogP contribution in [0.1, 0.15) is 12.5 Å². The van der Waals surface area contributed by atoms with Crippen molar-refractivity contribution in [3.05, 3.63) is 60.2 Å². The number of hydrogen-bond acceptors (Lipinski definition) is 5. The average molecular weight is 348 g/mol. The van der Waals surface area contributed by atoms with E-state index in [1.54, 1.807) is 24.4 Å². The number of aromatic nitrogens is 4. The minimum absolute atomic E-state index is 0.0713. The van der Waals surface area contributed by atoms with Gasteiger partial charge in [-0.3, -0.25) is 4.40 Å². The van der Waals surface area contributed by atoms with Crippen LogP contribution in [0.5, 0.6) is 0 Å². The van der Waals surface area contributed by atoms with Crippen molar-refractivity contribution in [2.24, 2.45) is 0 Å². The van der Waals surface area contributed by atoms with Crippen LogP contribution in [0.25, 0.3) is 28.3 Å². The minimum Gasteiger partial charge on any atom is -0.396 e. The van der Waals surface area contributed by atoms with Gasteiger partial charge in [0, 0.05) is 18.0 Å². The summed E-state index contributed by atoms with van der Waals surface area (Å²) in [6, 6.07) is 10.6. The van der Waals surface area contributed by atoms with Gasteiger partial charge in [-0.05, 0) is 42.3 Å². The van der Waals surface area contributed by atoms with Crippen LogP contribution in [0.3, 0.4) is 0 Å². The molecule has 0 saturated heterocycles. The first-order valence-corrected chi connectivity index (χ1v) is 8.22. The van der Waals surface area contributed by atoms with Crippen molar-refractivity contribution in [1.29, 1.82) is 0 Å². The second kappa shape index (κ2) is 6.11. The monoisotopic (exact) mass is 348 g/mol. The summed E-state index contributed by atoms with van der Waals surface area (Å²) >= 11 is 0. The summed E-state index contributed by atoms with van der Waals surface area (Å²) in [6.45, 7) is 2.07. The maximum atomic E-state index is 14.7. The summed E-state index contributed by atoms with van der Waals surface area (Å²) in [4.78, 5) is 12.9. The number of benzene rings is 1. The Kier molecular flexibility index (Phi) is 3.76. The molecule has 0 radical (unpaired) electrons. The van der Waals surface area contributed by atoms with E-state index in [1.807, 2.05) is 22.7 Å². The van der Waals surface area contributed by atoms with E-state index in [0.717, 1.165) is 12.0 Å². The lowest BCUT2D eigenvalue weighted by molar-refractivity contribution is 0.635. The van der Waals surface area contributed by atoms with Crippen LogP contribution in [0, 0.1) is 5.82 Å². The summed E-state index contributed by atoms with van der Waals surface area (Å²) < 4.78 is 16.6. The van der Waals surface area contributed by atoms with Gasteiger partial charge < -0.3 is 11.5 Å². The lowest BCUT2D eigenvalue weighted by Gasteiger charge is -2.07. The summed E-state index contributed by atoms with van der Waals surface area (Å²) in [6.07, 6.45) is 4.35. The maximum absolute atomic E-state index is 14.7. The third-order valence-electron chi connectivity index (χ3n) is 4.30. The van der Waals surface area contributed by atoms with Crippen LogP contribution in [0.4, 0.5) is 16.0 Å². The second-order valence-electron chi connectivity index (χ2n) is 5.93. The summed E-state index contributed by atoms with van der Waals surface area (Å²) in [5.41, 5.74) is 15.4. The second-order valence-corrected chi connectivity index (χ2v) is 5.93. The molecule has 4 rings (SSSR count). The number of fused-ring (bicyclic) bond motifs is 1. The summed E-state index contributed by atoms with van der Waals surface area (Å²) in [5.74, 6) is -0.364. The first kappa shape index (κ1) is 16.0. The van der Waals surface area contributed by atoms with Gasteiger partial charge in [0.2, 0.25) is 5.95 Å². The Morgan fingerprint density at radius 1 is 1.12 bits per heavy atom. The number of imidazole rings is 1. The molecule has 0 atom stereocenters. The SMILES string of the molecule is CCc1ccn2c(-c3ccnc(N)n3)c(-c3cccc(N)c3F)nc2c1. The molecule has 0 aliphatic heterocycles. The molecule has 0 bridgehead atoms. The van der Waals surface area contributed by atoms with E-state index < -0.39 is 5.82 Å². The quantitative estimate of drug-likeness (QED) is 0.554. The van der Waals surface area contributed by atoms with E-state index >= 15 is 0 Å². The van der Waals surface area contributed by atoms with E-state index in [0.29, 0.717) is 28.3 Å². The van der Waals surface area contributed by atoms with E-state index in [2.05, 4.69) is 21.9 Å².